The molecular weight excluding hydrogens is 290 g/mol. The van der Waals surface area contributed by atoms with Crippen LogP contribution in [0.15, 0.2) is 11.5 Å². The first kappa shape index (κ1) is 14.3. The quantitative estimate of drug-likeness (QED) is 0.854. The lowest BCUT2D eigenvalue weighted by molar-refractivity contribution is -0.121. The molecule has 0 aromatic carbocycles. The summed E-state index contributed by atoms with van der Waals surface area (Å²) in [6, 6.07) is -0.393. The second-order valence-electron chi connectivity index (χ2n) is 5.67. The zero-order valence-corrected chi connectivity index (χ0v) is 12.6. The molecule has 1 amide bonds. The molecule has 0 saturated heterocycles. The average Bonchev–Trinajstić information content (AvgIpc) is 3.00. The predicted octanol–water partition coefficient (Wildman–Crippen LogP) is 0.648. The number of hydrogen-bond donors (Lipinski definition) is 2. The average molecular weight is 309 g/mol. The number of aryl methyl sites for hydroxylation is 2. The van der Waals surface area contributed by atoms with E-state index in [9.17, 15) is 13.2 Å². The lowest BCUT2D eigenvalue weighted by Gasteiger charge is -2.12. The van der Waals surface area contributed by atoms with Crippen LogP contribution in [0, 0.1) is 0 Å². The number of rotatable bonds is 4. The smallest absolute Gasteiger partial charge is 0.220 e. The molecule has 1 aliphatic heterocycles. The van der Waals surface area contributed by atoms with Crippen molar-refractivity contribution in [3.05, 3.63) is 28.4 Å². The molecule has 2 heterocycles. The topological polar surface area (TPSA) is 91.9 Å². The fourth-order valence-corrected chi connectivity index (χ4v) is 4.17. The Labute approximate surface area is 123 Å². The van der Waals surface area contributed by atoms with Gasteiger partial charge in [-0.2, -0.15) is 5.10 Å². The fraction of sp³-hybridized carbons (Fsp3) is 0.571. The van der Waals surface area contributed by atoms with E-state index < -0.39 is 15.9 Å². The van der Waals surface area contributed by atoms with Crippen molar-refractivity contribution in [3.8, 4) is 0 Å². The standard InChI is InChI=1S/C14H19N3O3S/c18-14(15-10-7-8-21(19,20)9-10)6-5-13-11-3-1-2-4-12(11)16-17-13/h7-8,10H,1-6,9H2,(H,15,18)(H,16,17). The van der Waals surface area contributed by atoms with E-state index in [0.717, 1.165) is 18.5 Å². The summed E-state index contributed by atoms with van der Waals surface area (Å²) in [5.74, 6) is -0.161. The monoisotopic (exact) mass is 309 g/mol. The van der Waals surface area contributed by atoms with Gasteiger partial charge in [0.15, 0.2) is 9.84 Å². The van der Waals surface area contributed by atoms with Crippen molar-refractivity contribution in [2.75, 3.05) is 5.75 Å². The zero-order chi connectivity index (χ0) is 14.9. The summed E-state index contributed by atoms with van der Waals surface area (Å²) < 4.78 is 22.6. The molecule has 2 N–H and O–H groups in total. The van der Waals surface area contributed by atoms with Gasteiger partial charge in [-0.1, -0.05) is 0 Å². The minimum Gasteiger partial charge on any atom is -0.349 e. The third kappa shape index (κ3) is 3.34. The summed E-state index contributed by atoms with van der Waals surface area (Å²) in [5.41, 5.74) is 3.47. The first-order chi connectivity index (χ1) is 10.0. The molecule has 21 heavy (non-hydrogen) atoms. The Morgan fingerprint density at radius 1 is 1.38 bits per heavy atom. The molecular formula is C14H19N3O3S. The summed E-state index contributed by atoms with van der Waals surface area (Å²) in [6.45, 7) is 0. The highest BCUT2D eigenvalue weighted by Crippen LogP contribution is 2.22. The van der Waals surface area contributed by atoms with Gasteiger partial charge >= 0.3 is 0 Å². The number of nitrogens with zero attached hydrogens (tertiary/aromatic N) is 1. The van der Waals surface area contributed by atoms with Crippen LogP contribution >= 0.6 is 0 Å². The number of H-pyrrole nitrogens is 1. The highest BCUT2D eigenvalue weighted by molar-refractivity contribution is 7.94. The van der Waals surface area contributed by atoms with Crippen molar-refractivity contribution in [2.45, 2.75) is 44.6 Å². The van der Waals surface area contributed by atoms with Crippen LogP contribution in [0.2, 0.25) is 0 Å². The van der Waals surface area contributed by atoms with Crippen LogP contribution in [0.3, 0.4) is 0 Å². The van der Waals surface area contributed by atoms with E-state index in [4.69, 9.17) is 0 Å². The van der Waals surface area contributed by atoms with Crippen LogP contribution in [0.25, 0.3) is 0 Å². The SMILES string of the molecule is O=C(CCc1n[nH]c2c1CCCC2)NC1C=CS(=O)(=O)C1. The molecule has 6 nitrogen and oxygen atoms in total. The van der Waals surface area contributed by atoms with Crippen LogP contribution in [0.5, 0.6) is 0 Å². The van der Waals surface area contributed by atoms with Crippen LogP contribution in [0.1, 0.15) is 36.2 Å². The number of aromatic amines is 1. The van der Waals surface area contributed by atoms with E-state index in [1.54, 1.807) is 0 Å². The Kier molecular flexibility index (Phi) is 3.84. The molecule has 0 radical (unpaired) electrons. The number of fused-ring (bicyclic) bond motifs is 1. The van der Waals surface area contributed by atoms with Gasteiger partial charge in [0, 0.05) is 23.9 Å². The van der Waals surface area contributed by atoms with E-state index in [0.29, 0.717) is 12.8 Å². The minimum atomic E-state index is -3.12. The molecule has 1 unspecified atom stereocenters. The molecule has 0 saturated carbocycles. The first-order valence-electron chi connectivity index (χ1n) is 7.29. The predicted molar refractivity (Wildman–Crippen MR) is 78.4 cm³/mol. The van der Waals surface area contributed by atoms with Crippen LogP contribution < -0.4 is 5.32 Å². The summed E-state index contributed by atoms with van der Waals surface area (Å²) in [7, 11) is -3.12. The van der Waals surface area contributed by atoms with Gasteiger partial charge in [-0.25, -0.2) is 8.42 Å². The summed E-state index contributed by atoms with van der Waals surface area (Å²) in [4.78, 5) is 11.9. The number of carbonyl (C=O) groups excluding carboxylic acids is 1. The molecule has 1 atom stereocenters. The normalized spacial score (nSPS) is 23.0. The van der Waals surface area contributed by atoms with Gasteiger partial charge in [0.25, 0.3) is 0 Å². The zero-order valence-electron chi connectivity index (χ0n) is 11.8. The number of sulfone groups is 1. The van der Waals surface area contributed by atoms with Crippen LogP contribution in [-0.2, 0) is 33.9 Å². The minimum absolute atomic E-state index is 0.0312. The maximum atomic E-state index is 11.9. The van der Waals surface area contributed by atoms with Crippen molar-refractivity contribution in [1.82, 2.24) is 15.5 Å². The second-order valence-corrected chi connectivity index (χ2v) is 7.60. The van der Waals surface area contributed by atoms with Gasteiger partial charge in [-0.05, 0) is 37.3 Å². The molecule has 1 aromatic rings. The lowest BCUT2D eigenvalue weighted by Crippen LogP contribution is -2.35. The van der Waals surface area contributed by atoms with Crippen molar-refractivity contribution < 1.29 is 13.2 Å². The van der Waals surface area contributed by atoms with Gasteiger partial charge in [0.2, 0.25) is 5.91 Å². The lowest BCUT2D eigenvalue weighted by atomic mass is 9.94. The summed E-state index contributed by atoms with van der Waals surface area (Å²) in [5, 5.41) is 11.3. The number of nitrogens with one attached hydrogen (secondary N) is 2. The Balaban J connectivity index is 1.52. The highest BCUT2D eigenvalue weighted by Gasteiger charge is 2.23. The number of amides is 1. The molecule has 0 spiro atoms. The van der Waals surface area contributed by atoms with Gasteiger partial charge < -0.3 is 5.32 Å². The van der Waals surface area contributed by atoms with Gasteiger partial charge in [-0.3, -0.25) is 9.89 Å². The number of carbonyl (C=O) groups is 1. The molecule has 3 rings (SSSR count). The van der Waals surface area contributed by atoms with Crippen LogP contribution in [-0.4, -0.2) is 36.3 Å². The van der Waals surface area contributed by atoms with Crippen molar-refractivity contribution in [2.24, 2.45) is 0 Å². The Bertz CT molecular complexity index is 676. The largest absolute Gasteiger partial charge is 0.349 e. The van der Waals surface area contributed by atoms with Crippen molar-refractivity contribution >= 4 is 15.7 Å². The summed E-state index contributed by atoms with van der Waals surface area (Å²) >= 11 is 0. The van der Waals surface area contributed by atoms with Gasteiger partial charge in [0.05, 0.1) is 17.5 Å². The van der Waals surface area contributed by atoms with E-state index in [1.807, 2.05) is 0 Å². The Morgan fingerprint density at radius 2 is 2.19 bits per heavy atom. The Hall–Kier alpha value is -1.63. The van der Waals surface area contributed by atoms with E-state index in [-0.39, 0.29) is 11.7 Å². The number of hydrogen-bond acceptors (Lipinski definition) is 4. The molecule has 2 aliphatic rings. The van der Waals surface area contributed by atoms with Crippen molar-refractivity contribution in [3.63, 3.8) is 0 Å². The summed E-state index contributed by atoms with van der Waals surface area (Å²) in [6.07, 6.45) is 6.91. The molecule has 114 valence electrons. The third-order valence-corrected chi connectivity index (χ3v) is 5.40. The fourth-order valence-electron chi connectivity index (χ4n) is 2.93. The molecule has 1 aromatic heterocycles. The number of aromatic nitrogens is 2. The maximum absolute atomic E-state index is 11.9. The van der Waals surface area contributed by atoms with Crippen LogP contribution in [0.4, 0.5) is 0 Å². The van der Waals surface area contributed by atoms with E-state index in [1.165, 1.54) is 35.6 Å². The van der Waals surface area contributed by atoms with Gasteiger partial charge in [0.1, 0.15) is 0 Å². The van der Waals surface area contributed by atoms with E-state index >= 15 is 0 Å². The highest BCUT2D eigenvalue weighted by atomic mass is 32.2. The molecule has 1 aliphatic carbocycles. The first-order valence-corrected chi connectivity index (χ1v) is 9.00. The molecule has 0 fully saturated rings. The second kappa shape index (κ2) is 5.63. The maximum Gasteiger partial charge on any atom is 0.220 e. The third-order valence-electron chi connectivity index (χ3n) is 4.01. The molecule has 0 bridgehead atoms. The Morgan fingerprint density at radius 3 is 2.95 bits per heavy atom. The van der Waals surface area contributed by atoms with E-state index in [2.05, 4.69) is 15.5 Å². The van der Waals surface area contributed by atoms with Gasteiger partial charge in [-0.15, -0.1) is 0 Å². The van der Waals surface area contributed by atoms with Crippen molar-refractivity contribution in [1.29, 1.82) is 0 Å². The molecule has 7 heteroatoms.